The fraction of sp³-hybridized carbons (Fsp3) is 0.517. The Hall–Kier alpha value is -3.50. The van der Waals surface area contributed by atoms with Crippen molar-refractivity contribution >= 4 is 34.7 Å². The molecule has 2 aromatic carbocycles. The van der Waals surface area contributed by atoms with Crippen molar-refractivity contribution in [1.82, 2.24) is 9.80 Å². The second-order valence-corrected chi connectivity index (χ2v) is 10.1. The average molecular weight is 539 g/mol. The number of hydrogen-bond acceptors (Lipinski definition) is 6. The summed E-state index contributed by atoms with van der Waals surface area (Å²) in [4.78, 5) is 17.3. The van der Waals surface area contributed by atoms with Crippen molar-refractivity contribution in [3.63, 3.8) is 0 Å². The number of benzene rings is 2. The van der Waals surface area contributed by atoms with Crippen LogP contribution in [-0.4, -0.2) is 103 Å². The molecule has 0 saturated carbocycles. The first-order chi connectivity index (χ1) is 18.7. The summed E-state index contributed by atoms with van der Waals surface area (Å²) in [7, 11) is 7.58. The Balaban J connectivity index is 0.000000216. The monoisotopic (exact) mass is 538 g/mol. The van der Waals surface area contributed by atoms with Gasteiger partial charge in [-0.15, -0.1) is 0 Å². The fourth-order valence-electron chi connectivity index (χ4n) is 4.18. The standard InChI is InChI=1S/C15H24N4O.C14H22N4O/c1-4-12-5-6-14(19-7-9-20-10-8-19)13(11-12)17-15(16)18(2)3;1-11-4-5-12(16-14(15)17(2)3)13(10-11)18-6-8-19-9-7-18/h5-6,11H,4,7-10H2,1-3H3,(H2,16,17);4-5,10H,6-9H2,1-3H3,(H2,15,16). The van der Waals surface area contributed by atoms with Crippen molar-refractivity contribution in [2.45, 2.75) is 20.3 Å². The van der Waals surface area contributed by atoms with Crippen LogP contribution in [-0.2, 0) is 15.9 Å². The molecule has 0 spiro atoms. The van der Waals surface area contributed by atoms with Crippen molar-refractivity contribution in [3.8, 4) is 0 Å². The Bertz CT molecular complexity index is 1120. The van der Waals surface area contributed by atoms with Crippen LogP contribution in [0.2, 0.25) is 0 Å². The Morgan fingerprint density at radius 2 is 1.26 bits per heavy atom. The number of nitrogens with two attached hydrogens (primary N) is 2. The van der Waals surface area contributed by atoms with Gasteiger partial charge in [-0.1, -0.05) is 19.1 Å². The van der Waals surface area contributed by atoms with E-state index in [0.29, 0.717) is 11.9 Å². The van der Waals surface area contributed by atoms with Gasteiger partial charge in [0.05, 0.1) is 49.2 Å². The first-order valence-electron chi connectivity index (χ1n) is 13.6. The number of anilines is 2. The lowest BCUT2D eigenvalue weighted by molar-refractivity contribution is 0.122. The van der Waals surface area contributed by atoms with E-state index in [4.69, 9.17) is 20.9 Å². The van der Waals surface area contributed by atoms with Gasteiger partial charge in [-0.3, -0.25) is 0 Å². The molecule has 0 atom stereocenters. The van der Waals surface area contributed by atoms with E-state index < -0.39 is 0 Å². The zero-order chi connectivity index (χ0) is 28.4. The lowest BCUT2D eigenvalue weighted by atomic mass is 10.1. The molecule has 0 aromatic heterocycles. The number of nitrogens with zero attached hydrogens (tertiary/aromatic N) is 6. The van der Waals surface area contributed by atoms with Crippen molar-refractivity contribution in [2.75, 3.05) is 90.6 Å². The highest BCUT2D eigenvalue weighted by molar-refractivity contribution is 5.84. The molecule has 2 aliphatic heterocycles. The number of morpholine rings is 2. The molecule has 10 nitrogen and oxygen atoms in total. The van der Waals surface area contributed by atoms with Crippen molar-refractivity contribution in [1.29, 1.82) is 0 Å². The van der Waals surface area contributed by atoms with E-state index in [2.05, 4.69) is 64.0 Å². The maximum absolute atomic E-state index is 5.97. The highest BCUT2D eigenvalue weighted by atomic mass is 16.5. The fourth-order valence-corrected chi connectivity index (χ4v) is 4.18. The normalized spacial score (nSPS) is 16.5. The third-order valence-corrected chi connectivity index (χ3v) is 6.67. The Kier molecular flexibility index (Phi) is 11.2. The van der Waals surface area contributed by atoms with Crippen LogP contribution in [0.4, 0.5) is 22.7 Å². The average Bonchev–Trinajstić information content (AvgIpc) is 2.95. The van der Waals surface area contributed by atoms with Crippen molar-refractivity contribution in [2.24, 2.45) is 21.5 Å². The molecule has 39 heavy (non-hydrogen) atoms. The predicted octanol–water partition coefficient (Wildman–Crippen LogP) is 2.93. The topological polar surface area (TPSA) is 108 Å². The zero-order valence-corrected chi connectivity index (χ0v) is 24.5. The van der Waals surface area contributed by atoms with Crippen LogP contribution in [0.25, 0.3) is 0 Å². The van der Waals surface area contributed by atoms with E-state index in [1.54, 1.807) is 0 Å². The van der Waals surface area contributed by atoms with Gasteiger partial charge in [0.1, 0.15) is 0 Å². The molecule has 0 aliphatic carbocycles. The first kappa shape index (κ1) is 30.0. The van der Waals surface area contributed by atoms with E-state index in [1.807, 2.05) is 44.1 Å². The molecule has 214 valence electrons. The number of hydrogen-bond donors (Lipinski definition) is 2. The van der Waals surface area contributed by atoms with Gasteiger partial charge in [0.25, 0.3) is 0 Å². The molecule has 4 N–H and O–H groups in total. The summed E-state index contributed by atoms with van der Waals surface area (Å²) in [6.07, 6.45) is 0.994. The molecule has 10 heteroatoms. The van der Waals surface area contributed by atoms with Gasteiger partial charge in [-0.25, -0.2) is 9.98 Å². The maximum atomic E-state index is 5.97. The SMILES string of the molecule is CCc1ccc(N2CCOCC2)c(N=C(N)N(C)C)c1.Cc1ccc(N=C(N)N(C)C)c(N2CCOCC2)c1. The summed E-state index contributed by atoms with van der Waals surface area (Å²) < 4.78 is 10.8. The summed E-state index contributed by atoms with van der Waals surface area (Å²) in [5.74, 6) is 1.03. The number of aliphatic imine (C=N–C) groups is 2. The summed E-state index contributed by atoms with van der Waals surface area (Å²) in [5, 5.41) is 0. The van der Waals surface area contributed by atoms with Crippen LogP contribution in [0.1, 0.15) is 18.1 Å². The van der Waals surface area contributed by atoms with E-state index in [0.717, 1.165) is 81.8 Å². The minimum atomic E-state index is 0.512. The molecule has 0 amide bonds. The van der Waals surface area contributed by atoms with Gasteiger partial charge >= 0.3 is 0 Å². The summed E-state index contributed by atoms with van der Waals surface area (Å²) in [6, 6.07) is 12.7. The van der Waals surface area contributed by atoms with Crippen LogP contribution in [0.15, 0.2) is 46.4 Å². The summed E-state index contributed by atoms with van der Waals surface area (Å²) in [6.45, 7) is 10.9. The van der Waals surface area contributed by atoms with Gasteiger partial charge in [0.15, 0.2) is 11.9 Å². The largest absolute Gasteiger partial charge is 0.378 e. The van der Waals surface area contributed by atoms with E-state index in [1.165, 1.54) is 11.1 Å². The number of aryl methyl sites for hydroxylation is 2. The van der Waals surface area contributed by atoms with E-state index in [9.17, 15) is 0 Å². The minimum Gasteiger partial charge on any atom is -0.378 e. The van der Waals surface area contributed by atoms with Gasteiger partial charge in [0.2, 0.25) is 0 Å². The molecule has 2 aromatic rings. The Morgan fingerprint density at radius 1 is 0.744 bits per heavy atom. The van der Waals surface area contributed by atoms with Crippen LogP contribution in [0.3, 0.4) is 0 Å². The van der Waals surface area contributed by atoms with Crippen LogP contribution in [0, 0.1) is 6.92 Å². The zero-order valence-electron chi connectivity index (χ0n) is 24.5. The molecular weight excluding hydrogens is 492 g/mol. The molecule has 0 unspecified atom stereocenters. The number of ether oxygens (including phenoxy) is 2. The van der Waals surface area contributed by atoms with E-state index >= 15 is 0 Å². The van der Waals surface area contributed by atoms with Gasteiger partial charge in [0, 0.05) is 54.4 Å². The quantitative estimate of drug-likeness (QED) is 0.442. The molecule has 4 rings (SSSR count). The third-order valence-electron chi connectivity index (χ3n) is 6.67. The molecule has 0 radical (unpaired) electrons. The second kappa shape index (κ2) is 14.6. The second-order valence-electron chi connectivity index (χ2n) is 10.1. The molecule has 2 fully saturated rings. The molecule has 2 saturated heterocycles. The summed E-state index contributed by atoms with van der Waals surface area (Å²) in [5.41, 5.74) is 18.5. The molecule has 2 aliphatic rings. The highest BCUT2D eigenvalue weighted by Gasteiger charge is 2.16. The molecule has 0 bridgehead atoms. The Labute approximate surface area is 233 Å². The maximum Gasteiger partial charge on any atom is 0.196 e. The van der Waals surface area contributed by atoms with E-state index in [-0.39, 0.29) is 0 Å². The number of guanidine groups is 2. The lowest BCUT2D eigenvalue weighted by Gasteiger charge is -2.30. The smallest absolute Gasteiger partial charge is 0.196 e. The number of rotatable bonds is 5. The minimum absolute atomic E-state index is 0.512. The molecule has 2 heterocycles. The third kappa shape index (κ3) is 8.76. The highest BCUT2D eigenvalue weighted by Crippen LogP contribution is 2.32. The van der Waals surface area contributed by atoms with Gasteiger partial charge in [-0.2, -0.15) is 0 Å². The lowest BCUT2D eigenvalue weighted by Crippen LogP contribution is -2.36. The predicted molar refractivity (Wildman–Crippen MR) is 163 cm³/mol. The first-order valence-corrected chi connectivity index (χ1v) is 13.6. The van der Waals surface area contributed by atoms with Gasteiger partial charge < -0.3 is 40.5 Å². The Morgan fingerprint density at radius 3 is 1.77 bits per heavy atom. The van der Waals surface area contributed by atoms with Gasteiger partial charge in [-0.05, 0) is 48.7 Å². The van der Waals surface area contributed by atoms with Crippen LogP contribution < -0.4 is 21.3 Å². The molecular formula is C29H46N8O2. The van der Waals surface area contributed by atoms with Crippen LogP contribution >= 0.6 is 0 Å². The van der Waals surface area contributed by atoms with Crippen molar-refractivity contribution in [3.05, 3.63) is 47.5 Å². The van der Waals surface area contributed by atoms with Crippen molar-refractivity contribution < 1.29 is 9.47 Å². The van der Waals surface area contributed by atoms with Crippen LogP contribution in [0.5, 0.6) is 0 Å². The summed E-state index contributed by atoms with van der Waals surface area (Å²) >= 11 is 0.